The smallest absolute Gasteiger partial charge is 0.407 e. The molecule has 1 aliphatic heterocycles. The first kappa shape index (κ1) is 14.2. The summed E-state index contributed by atoms with van der Waals surface area (Å²) in [5, 5.41) is 8.90. The number of halogens is 1. The summed E-state index contributed by atoms with van der Waals surface area (Å²) >= 11 is 0. The highest BCUT2D eigenvalue weighted by atomic mass is 19.1. The van der Waals surface area contributed by atoms with Crippen LogP contribution < -0.4 is 0 Å². The normalized spacial score (nSPS) is 18.9. The van der Waals surface area contributed by atoms with Crippen molar-refractivity contribution in [2.75, 3.05) is 13.1 Å². The van der Waals surface area contributed by atoms with Crippen LogP contribution in [0, 0.1) is 11.7 Å². The van der Waals surface area contributed by atoms with Crippen molar-refractivity contribution in [1.29, 1.82) is 0 Å². The van der Waals surface area contributed by atoms with Gasteiger partial charge in [-0.1, -0.05) is 18.2 Å². The van der Waals surface area contributed by atoms with E-state index >= 15 is 0 Å². The van der Waals surface area contributed by atoms with Gasteiger partial charge >= 0.3 is 6.09 Å². The van der Waals surface area contributed by atoms with Crippen LogP contribution >= 0.6 is 0 Å². The fraction of sp³-hybridized carbons (Fsp3) is 0.357. The molecular weight excluding hydrogens is 265 g/mol. The van der Waals surface area contributed by atoms with E-state index in [1.807, 2.05) is 0 Å². The van der Waals surface area contributed by atoms with Crippen LogP contribution in [-0.2, 0) is 16.0 Å². The van der Waals surface area contributed by atoms with Crippen molar-refractivity contribution in [3.63, 3.8) is 0 Å². The molecule has 0 aromatic heterocycles. The molecule has 0 saturated carbocycles. The highest BCUT2D eigenvalue weighted by Crippen LogP contribution is 2.17. The second-order valence-corrected chi connectivity index (χ2v) is 4.73. The van der Waals surface area contributed by atoms with Gasteiger partial charge < -0.3 is 10.0 Å². The van der Waals surface area contributed by atoms with Crippen LogP contribution in [0.15, 0.2) is 24.3 Å². The molecule has 1 aromatic carbocycles. The third kappa shape index (κ3) is 3.01. The summed E-state index contributed by atoms with van der Waals surface area (Å²) in [6.45, 7) is -0.0287. The third-order valence-corrected chi connectivity index (χ3v) is 3.40. The van der Waals surface area contributed by atoms with Crippen LogP contribution in [-0.4, -0.2) is 40.8 Å². The number of amides is 1. The van der Waals surface area contributed by atoms with Crippen molar-refractivity contribution >= 4 is 17.7 Å². The zero-order valence-corrected chi connectivity index (χ0v) is 10.7. The lowest BCUT2D eigenvalue weighted by Crippen LogP contribution is -2.46. The van der Waals surface area contributed by atoms with Gasteiger partial charge in [0.2, 0.25) is 0 Å². The summed E-state index contributed by atoms with van der Waals surface area (Å²) in [5.41, 5.74) is 0.220. The van der Waals surface area contributed by atoms with Crippen LogP contribution in [0.1, 0.15) is 12.0 Å². The summed E-state index contributed by atoms with van der Waals surface area (Å²) < 4.78 is 13.5. The standard InChI is InChI=1S/C14H14FNO4/c15-11-4-2-1-3-9(11)7-13(18)10-8-16(14(19)20)6-5-12(10)17/h1-4,10H,5-8H2,(H,19,20). The predicted molar refractivity (Wildman–Crippen MR) is 67.8 cm³/mol. The second kappa shape index (κ2) is 5.81. The number of likely N-dealkylation sites (tertiary alicyclic amines) is 1. The molecule has 2 rings (SSSR count). The highest BCUT2D eigenvalue weighted by Gasteiger charge is 2.34. The second-order valence-electron chi connectivity index (χ2n) is 4.73. The molecular formula is C14H14FNO4. The molecule has 1 fully saturated rings. The van der Waals surface area contributed by atoms with E-state index in [1.165, 1.54) is 18.2 Å². The highest BCUT2D eigenvalue weighted by molar-refractivity contribution is 6.04. The van der Waals surface area contributed by atoms with Crippen molar-refractivity contribution in [2.24, 2.45) is 5.92 Å². The number of nitrogens with zero attached hydrogens (tertiary/aromatic N) is 1. The van der Waals surface area contributed by atoms with Gasteiger partial charge in [0.25, 0.3) is 0 Å². The summed E-state index contributed by atoms with van der Waals surface area (Å²) in [4.78, 5) is 35.8. The summed E-state index contributed by atoms with van der Waals surface area (Å²) in [7, 11) is 0. The van der Waals surface area contributed by atoms with Gasteiger partial charge in [0.1, 0.15) is 17.4 Å². The number of carbonyl (C=O) groups excluding carboxylic acids is 2. The van der Waals surface area contributed by atoms with E-state index in [-0.39, 0.29) is 37.3 Å². The SMILES string of the molecule is O=C1CCN(C(=O)O)CC1C(=O)Cc1ccccc1F. The molecule has 1 atom stereocenters. The first-order valence-electron chi connectivity index (χ1n) is 6.25. The average molecular weight is 279 g/mol. The minimum absolute atomic E-state index is 0.0278. The van der Waals surface area contributed by atoms with Gasteiger partial charge in [-0.05, 0) is 11.6 Å². The molecule has 1 N–H and O–H groups in total. The van der Waals surface area contributed by atoms with Crippen molar-refractivity contribution in [3.8, 4) is 0 Å². The van der Waals surface area contributed by atoms with Gasteiger partial charge in [-0.25, -0.2) is 9.18 Å². The third-order valence-electron chi connectivity index (χ3n) is 3.40. The van der Waals surface area contributed by atoms with Gasteiger partial charge in [-0.3, -0.25) is 9.59 Å². The van der Waals surface area contributed by atoms with E-state index in [1.54, 1.807) is 6.07 Å². The number of benzene rings is 1. The molecule has 0 radical (unpaired) electrons. The van der Waals surface area contributed by atoms with Crippen LogP contribution in [0.2, 0.25) is 0 Å². The Bertz CT molecular complexity index is 558. The van der Waals surface area contributed by atoms with Crippen LogP contribution in [0.4, 0.5) is 9.18 Å². The molecule has 106 valence electrons. The lowest BCUT2D eigenvalue weighted by molar-refractivity contribution is -0.135. The first-order chi connectivity index (χ1) is 9.49. The Hall–Kier alpha value is -2.24. The van der Waals surface area contributed by atoms with E-state index in [9.17, 15) is 18.8 Å². The van der Waals surface area contributed by atoms with Gasteiger partial charge in [0, 0.05) is 25.9 Å². The molecule has 1 unspecified atom stereocenters. The predicted octanol–water partition coefficient (Wildman–Crippen LogP) is 1.51. The molecule has 0 bridgehead atoms. The molecule has 6 heteroatoms. The van der Waals surface area contributed by atoms with E-state index < -0.39 is 23.6 Å². The molecule has 0 spiro atoms. The van der Waals surface area contributed by atoms with Crippen molar-refractivity contribution < 1.29 is 23.9 Å². The topological polar surface area (TPSA) is 74.7 Å². The zero-order chi connectivity index (χ0) is 14.7. The van der Waals surface area contributed by atoms with Crippen molar-refractivity contribution in [2.45, 2.75) is 12.8 Å². The molecule has 0 aliphatic carbocycles. The Labute approximate surface area is 115 Å². The minimum Gasteiger partial charge on any atom is -0.465 e. The Morgan fingerprint density at radius 2 is 2.05 bits per heavy atom. The number of hydrogen-bond donors (Lipinski definition) is 1. The summed E-state index contributed by atoms with van der Waals surface area (Å²) in [6, 6.07) is 5.85. The number of rotatable bonds is 3. The summed E-state index contributed by atoms with van der Waals surface area (Å²) in [6.07, 6.45) is -1.32. The number of carboxylic acid groups (broad SMARTS) is 1. The zero-order valence-electron chi connectivity index (χ0n) is 10.7. The summed E-state index contributed by atoms with van der Waals surface area (Å²) in [5.74, 6) is -2.20. The Morgan fingerprint density at radius 3 is 2.70 bits per heavy atom. The molecule has 1 saturated heterocycles. The van der Waals surface area contributed by atoms with Gasteiger partial charge in [0.15, 0.2) is 0 Å². The van der Waals surface area contributed by atoms with E-state index in [0.717, 1.165) is 4.90 Å². The van der Waals surface area contributed by atoms with E-state index in [4.69, 9.17) is 5.11 Å². The molecule has 5 nitrogen and oxygen atoms in total. The average Bonchev–Trinajstić information content (AvgIpc) is 2.41. The maximum atomic E-state index is 13.5. The largest absolute Gasteiger partial charge is 0.465 e. The van der Waals surface area contributed by atoms with Crippen LogP contribution in [0.5, 0.6) is 0 Å². The molecule has 1 amide bonds. The maximum Gasteiger partial charge on any atom is 0.407 e. The molecule has 1 aromatic rings. The Kier molecular flexibility index (Phi) is 4.12. The molecule has 1 heterocycles. The maximum absolute atomic E-state index is 13.5. The van der Waals surface area contributed by atoms with Crippen molar-refractivity contribution in [1.82, 2.24) is 4.90 Å². The first-order valence-corrected chi connectivity index (χ1v) is 6.25. The molecule has 20 heavy (non-hydrogen) atoms. The van der Waals surface area contributed by atoms with Crippen LogP contribution in [0.25, 0.3) is 0 Å². The quantitative estimate of drug-likeness (QED) is 0.851. The Balaban J connectivity index is 2.09. The number of carbonyl (C=O) groups is 3. The van der Waals surface area contributed by atoms with Crippen molar-refractivity contribution in [3.05, 3.63) is 35.6 Å². The molecule has 1 aliphatic rings. The number of hydrogen-bond acceptors (Lipinski definition) is 3. The van der Waals surface area contributed by atoms with Gasteiger partial charge in [-0.2, -0.15) is 0 Å². The number of Topliss-reactive ketones (excluding diaryl/α,β-unsaturated/α-hetero) is 2. The monoisotopic (exact) mass is 279 g/mol. The number of piperidine rings is 1. The lowest BCUT2D eigenvalue weighted by atomic mass is 9.89. The Morgan fingerprint density at radius 1 is 1.35 bits per heavy atom. The van der Waals surface area contributed by atoms with Gasteiger partial charge in [0.05, 0.1) is 5.92 Å². The fourth-order valence-corrected chi connectivity index (χ4v) is 2.24. The fourth-order valence-electron chi connectivity index (χ4n) is 2.24. The lowest BCUT2D eigenvalue weighted by Gasteiger charge is -2.28. The number of ketones is 2. The van der Waals surface area contributed by atoms with E-state index in [2.05, 4.69) is 0 Å². The van der Waals surface area contributed by atoms with Gasteiger partial charge in [-0.15, -0.1) is 0 Å². The van der Waals surface area contributed by atoms with E-state index in [0.29, 0.717) is 0 Å². The minimum atomic E-state index is -1.15. The van der Waals surface area contributed by atoms with Crippen LogP contribution in [0.3, 0.4) is 0 Å².